The summed E-state index contributed by atoms with van der Waals surface area (Å²) in [5.41, 5.74) is 9.10. The maximum atomic E-state index is 12.7. The highest BCUT2D eigenvalue weighted by atomic mass is 16.4. The number of benzene rings is 1. The zero-order chi connectivity index (χ0) is 14.4. The average molecular weight is 269 g/mol. The van der Waals surface area contributed by atoms with Gasteiger partial charge in [-0.1, -0.05) is 24.3 Å². The summed E-state index contributed by atoms with van der Waals surface area (Å²) in [7, 11) is 1.76. The quantitative estimate of drug-likeness (QED) is 0.726. The molecule has 0 fully saturated rings. The van der Waals surface area contributed by atoms with Crippen molar-refractivity contribution in [1.29, 1.82) is 0 Å². The highest BCUT2D eigenvalue weighted by molar-refractivity contribution is 6.19. The van der Waals surface area contributed by atoms with Crippen LogP contribution in [0.4, 0.5) is 5.88 Å². The van der Waals surface area contributed by atoms with Crippen molar-refractivity contribution in [1.82, 2.24) is 9.78 Å². The Labute approximate surface area is 116 Å². The van der Waals surface area contributed by atoms with Crippen LogP contribution in [0.3, 0.4) is 0 Å². The second-order valence-corrected chi connectivity index (χ2v) is 4.87. The Morgan fingerprint density at radius 1 is 1.30 bits per heavy atom. The van der Waals surface area contributed by atoms with Gasteiger partial charge in [0.2, 0.25) is 11.6 Å². The number of fused-ring (bicyclic) bond motifs is 1. The minimum atomic E-state index is -0.129. The van der Waals surface area contributed by atoms with E-state index in [4.69, 9.17) is 10.2 Å². The monoisotopic (exact) mass is 269 g/mol. The Morgan fingerprint density at radius 3 is 2.70 bits per heavy atom. The topological polar surface area (TPSA) is 74.1 Å². The Bertz CT molecular complexity index is 827. The first-order chi connectivity index (χ1) is 9.50. The number of rotatable bonds is 2. The van der Waals surface area contributed by atoms with Crippen LogP contribution in [0.25, 0.3) is 11.1 Å². The second-order valence-electron chi connectivity index (χ2n) is 4.87. The minimum absolute atomic E-state index is 0.129. The highest BCUT2D eigenvalue weighted by Crippen LogP contribution is 2.32. The van der Waals surface area contributed by atoms with Gasteiger partial charge in [-0.2, -0.15) is 5.10 Å². The van der Waals surface area contributed by atoms with Gasteiger partial charge in [-0.15, -0.1) is 0 Å². The van der Waals surface area contributed by atoms with E-state index in [2.05, 4.69) is 5.10 Å². The molecule has 3 rings (SSSR count). The van der Waals surface area contributed by atoms with Crippen LogP contribution < -0.4 is 5.73 Å². The van der Waals surface area contributed by atoms with E-state index >= 15 is 0 Å². The zero-order valence-corrected chi connectivity index (χ0v) is 11.6. The van der Waals surface area contributed by atoms with E-state index in [1.807, 2.05) is 32.0 Å². The van der Waals surface area contributed by atoms with Gasteiger partial charge in [-0.25, -0.2) is 4.68 Å². The second kappa shape index (κ2) is 4.23. The molecule has 2 N–H and O–H groups in total. The number of carbonyl (C=O) groups excluding carboxylic acids is 1. The molecule has 0 saturated heterocycles. The highest BCUT2D eigenvalue weighted by Gasteiger charge is 2.25. The molecule has 0 spiro atoms. The third kappa shape index (κ3) is 1.63. The van der Waals surface area contributed by atoms with Gasteiger partial charge in [-0.3, -0.25) is 4.79 Å². The summed E-state index contributed by atoms with van der Waals surface area (Å²) >= 11 is 0. The normalized spacial score (nSPS) is 11.2. The first kappa shape index (κ1) is 12.5. The molecular weight excluding hydrogens is 254 g/mol. The van der Waals surface area contributed by atoms with E-state index in [-0.39, 0.29) is 11.7 Å². The van der Waals surface area contributed by atoms with Gasteiger partial charge in [0.05, 0.1) is 16.6 Å². The summed E-state index contributed by atoms with van der Waals surface area (Å²) < 4.78 is 7.08. The number of carbonyl (C=O) groups is 1. The molecule has 20 heavy (non-hydrogen) atoms. The van der Waals surface area contributed by atoms with E-state index in [9.17, 15) is 4.79 Å². The number of nitrogen functional groups attached to an aromatic ring is 1. The fourth-order valence-electron chi connectivity index (χ4n) is 2.51. The molecule has 2 aromatic heterocycles. The summed E-state index contributed by atoms with van der Waals surface area (Å²) in [6.45, 7) is 3.74. The third-order valence-corrected chi connectivity index (χ3v) is 3.49. The third-order valence-electron chi connectivity index (χ3n) is 3.49. The number of nitrogens with two attached hydrogens (primary N) is 1. The number of furan rings is 1. The fourth-order valence-corrected chi connectivity index (χ4v) is 2.51. The molecule has 0 amide bonds. The number of anilines is 1. The summed E-state index contributed by atoms with van der Waals surface area (Å²) in [6, 6.07) is 7.43. The molecule has 0 bridgehead atoms. The lowest BCUT2D eigenvalue weighted by Crippen LogP contribution is -2.05. The van der Waals surface area contributed by atoms with Crippen molar-refractivity contribution < 1.29 is 9.21 Å². The number of nitrogens with zero attached hydrogens (tertiary/aromatic N) is 2. The van der Waals surface area contributed by atoms with Gasteiger partial charge < -0.3 is 10.2 Å². The molecule has 0 atom stereocenters. The van der Waals surface area contributed by atoms with Gasteiger partial charge in [0.25, 0.3) is 0 Å². The first-order valence-electron chi connectivity index (χ1n) is 6.32. The van der Waals surface area contributed by atoms with Crippen LogP contribution >= 0.6 is 0 Å². The summed E-state index contributed by atoms with van der Waals surface area (Å²) in [5.74, 6) is 0.0137. The first-order valence-corrected chi connectivity index (χ1v) is 6.32. The number of aromatic nitrogens is 2. The molecule has 102 valence electrons. The molecule has 0 unspecified atom stereocenters. The maximum Gasteiger partial charge on any atom is 0.228 e. The van der Waals surface area contributed by atoms with Crippen molar-refractivity contribution in [3.63, 3.8) is 0 Å². The van der Waals surface area contributed by atoms with E-state index in [0.717, 1.165) is 11.3 Å². The molecule has 0 aliphatic carbocycles. The van der Waals surface area contributed by atoms with Crippen LogP contribution in [0.15, 0.2) is 28.7 Å². The van der Waals surface area contributed by atoms with E-state index < -0.39 is 0 Å². The molecule has 5 nitrogen and oxygen atoms in total. The van der Waals surface area contributed by atoms with Crippen molar-refractivity contribution in [2.75, 3.05) is 5.73 Å². The zero-order valence-electron chi connectivity index (χ0n) is 11.6. The van der Waals surface area contributed by atoms with Crippen LogP contribution in [0.2, 0.25) is 0 Å². The molecule has 0 aliphatic heterocycles. The van der Waals surface area contributed by atoms with Crippen LogP contribution in [0, 0.1) is 13.8 Å². The molecular formula is C15H15N3O2. The lowest BCUT2D eigenvalue weighted by Gasteiger charge is -2.03. The molecule has 0 aliphatic rings. The van der Waals surface area contributed by atoms with Crippen LogP contribution in [-0.2, 0) is 7.05 Å². The van der Waals surface area contributed by atoms with Crippen LogP contribution in [0.1, 0.15) is 27.2 Å². The smallest absolute Gasteiger partial charge is 0.228 e. The summed E-state index contributed by atoms with van der Waals surface area (Å²) in [6.07, 6.45) is 0. The van der Waals surface area contributed by atoms with Gasteiger partial charge >= 0.3 is 0 Å². The van der Waals surface area contributed by atoms with Crippen molar-refractivity contribution in [3.05, 3.63) is 46.6 Å². The molecule has 0 radical (unpaired) electrons. The molecule has 1 aromatic carbocycles. The lowest BCUT2D eigenvalue weighted by atomic mass is 9.98. The van der Waals surface area contributed by atoms with E-state index in [1.165, 1.54) is 0 Å². The molecule has 0 saturated carbocycles. The van der Waals surface area contributed by atoms with Crippen LogP contribution in [0.5, 0.6) is 0 Å². The predicted octanol–water partition coefficient (Wildman–Crippen LogP) is 2.60. The van der Waals surface area contributed by atoms with Crippen molar-refractivity contribution in [2.24, 2.45) is 7.05 Å². The Morgan fingerprint density at radius 2 is 2.00 bits per heavy atom. The van der Waals surface area contributed by atoms with Gasteiger partial charge in [-0.05, 0) is 19.4 Å². The average Bonchev–Trinajstić information content (AvgIpc) is 2.88. The minimum Gasteiger partial charge on any atom is -0.422 e. The van der Waals surface area contributed by atoms with Gasteiger partial charge in [0, 0.05) is 12.6 Å². The van der Waals surface area contributed by atoms with Crippen molar-refractivity contribution in [3.8, 4) is 0 Å². The largest absolute Gasteiger partial charge is 0.422 e. The van der Waals surface area contributed by atoms with Gasteiger partial charge in [0.15, 0.2) is 5.78 Å². The SMILES string of the molecule is Cc1ccccc1C(=O)c1c(N)oc2c1c(C)nn2C. The van der Waals surface area contributed by atoms with E-state index in [1.54, 1.807) is 17.8 Å². The van der Waals surface area contributed by atoms with Crippen molar-refractivity contribution in [2.45, 2.75) is 13.8 Å². The van der Waals surface area contributed by atoms with Crippen LogP contribution in [-0.4, -0.2) is 15.6 Å². The molecule has 3 aromatic rings. The summed E-state index contributed by atoms with van der Waals surface area (Å²) in [5, 5.41) is 4.96. The van der Waals surface area contributed by atoms with Crippen molar-refractivity contribution >= 4 is 22.8 Å². The lowest BCUT2D eigenvalue weighted by molar-refractivity contribution is 0.104. The Balaban J connectivity index is 2.27. The fraction of sp³-hybridized carbons (Fsp3) is 0.200. The number of hydrogen-bond acceptors (Lipinski definition) is 4. The Kier molecular flexibility index (Phi) is 2.64. The Hall–Kier alpha value is -2.56. The van der Waals surface area contributed by atoms with Gasteiger partial charge in [0.1, 0.15) is 0 Å². The molecule has 2 heterocycles. The van der Waals surface area contributed by atoms with E-state index in [0.29, 0.717) is 22.2 Å². The molecule has 5 heteroatoms. The standard InChI is InChI=1S/C15H15N3O2/c1-8-6-4-5-7-10(8)13(19)12-11-9(2)17-18(3)15(11)20-14(12)16/h4-7H,16H2,1-3H3. The number of aryl methyl sites for hydroxylation is 3. The predicted molar refractivity (Wildman–Crippen MR) is 76.7 cm³/mol. The summed E-state index contributed by atoms with van der Waals surface area (Å²) in [4.78, 5) is 12.7. The number of ketones is 1. The maximum absolute atomic E-state index is 12.7. The number of hydrogen-bond donors (Lipinski definition) is 1.